The summed E-state index contributed by atoms with van der Waals surface area (Å²) in [5, 5.41) is 2.81. The van der Waals surface area contributed by atoms with Crippen molar-refractivity contribution < 1.29 is 9.18 Å². The summed E-state index contributed by atoms with van der Waals surface area (Å²) in [5.74, 6) is -0.354. The summed E-state index contributed by atoms with van der Waals surface area (Å²) >= 11 is 0. The van der Waals surface area contributed by atoms with Crippen LogP contribution < -0.4 is 5.32 Å². The van der Waals surface area contributed by atoms with Crippen LogP contribution >= 0.6 is 0 Å². The molecule has 0 aromatic heterocycles. The van der Waals surface area contributed by atoms with Gasteiger partial charge in [-0.25, -0.2) is 4.39 Å². The summed E-state index contributed by atoms with van der Waals surface area (Å²) in [6.07, 6.45) is 3.28. The number of hydrogen-bond donors (Lipinski definition) is 1. The number of amides is 1. The zero-order valence-electron chi connectivity index (χ0n) is 10.1. The van der Waals surface area contributed by atoms with Crippen molar-refractivity contribution in [2.75, 3.05) is 0 Å². The Morgan fingerprint density at radius 2 is 2.18 bits per heavy atom. The van der Waals surface area contributed by atoms with Crippen LogP contribution in [0.3, 0.4) is 0 Å². The van der Waals surface area contributed by atoms with Gasteiger partial charge in [0.15, 0.2) is 0 Å². The van der Waals surface area contributed by atoms with E-state index in [1.165, 1.54) is 12.1 Å². The summed E-state index contributed by atoms with van der Waals surface area (Å²) in [5.41, 5.74) is 2.93. The first-order chi connectivity index (χ1) is 8.06. The molecule has 1 aromatic rings. The highest BCUT2D eigenvalue weighted by Gasteiger charge is 2.17. The van der Waals surface area contributed by atoms with Crippen molar-refractivity contribution >= 4 is 11.5 Å². The third-order valence-electron chi connectivity index (χ3n) is 2.82. The number of fused-ring (bicyclic) bond motifs is 1. The lowest BCUT2D eigenvalue weighted by Gasteiger charge is -2.06. The van der Waals surface area contributed by atoms with Gasteiger partial charge in [0.1, 0.15) is 5.82 Å². The van der Waals surface area contributed by atoms with Crippen LogP contribution in [0.15, 0.2) is 24.3 Å². The number of benzene rings is 1. The normalized spacial score (nSPS) is 16.4. The molecule has 0 spiro atoms. The average molecular weight is 233 g/mol. The molecule has 0 saturated carbocycles. The molecule has 90 valence electrons. The highest BCUT2D eigenvalue weighted by Crippen LogP contribution is 2.32. The minimum absolute atomic E-state index is 0.105. The molecule has 0 atom stereocenters. The highest BCUT2D eigenvalue weighted by molar-refractivity contribution is 5.96. The Balaban J connectivity index is 2.24. The van der Waals surface area contributed by atoms with Crippen LogP contribution in [0.2, 0.25) is 0 Å². The monoisotopic (exact) mass is 233 g/mol. The molecule has 0 saturated heterocycles. The molecule has 1 aliphatic rings. The fourth-order valence-corrected chi connectivity index (χ4v) is 2.10. The fraction of sp³-hybridized carbons (Fsp3) is 0.357. The lowest BCUT2D eigenvalue weighted by Crippen LogP contribution is -2.28. The van der Waals surface area contributed by atoms with E-state index in [0.717, 1.165) is 29.5 Å². The summed E-state index contributed by atoms with van der Waals surface area (Å²) in [4.78, 5) is 11.6. The van der Waals surface area contributed by atoms with E-state index in [2.05, 4.69) is 5.32 Å². The molecular weight excluding hydrogens is 217 g/mol. The zero-order chi connectivity index (χ0) is 12.4. The van der Waals surface area contributed by atoms with E-state index in [1.807, 2.05) is 13.8 Å². The number of rotatable bonds is 2. The van der Waals surface area contributed by atoms with Crippen LogP contribution in [-0.2, 0) is 11.2 Å². The molecule has 1 N–H and O–H groups in total. The molecule has 0 aliphatic heterocycles. The van der Waals surface area contributed by atoms with Crippen molar-refractivity contribution in [1.29, 1.82) is 0 Å². The predicted octanol–water partition coefficient (Wildman–Crippen LogP) is 2.68. The Morgan fingerprint density at radius 3 is 2.88 bits per heavy atom. The molecule has 0 radical (unpaired) electrons. The highest BCUT2D eigenvalue weighted by atomic mass is 19.1. The minimum atomic E-state index is -0.249. The standard InChI is InChI=1S/C14H16FNO/c1-9(2)16-14(17)7-11-4-3-10-5-6-12(15)8-13(10)11/h5-9H,3-4H2,1-2H3,(H,16,17)/b11-7-. The van der Waals surface area contributed by atoms with Crippen LogP contribution in [0.25, 0.3) is 5.57 Å². The number of carbonyl (C=O) groups excluding carboxylic acids is 1. The third-order valence-corrected chi connectivity index (χ3v) is 2.82. The van der Waals surface area contributed by atoms with Gasteiger partial charge < -0.3 is 5.32 Å². The van der Waals surface area contributed by atoms with E-state index in [0.29, 0.717) is 0 Å². The van der Waals surface area contributed by atoms with Crippen LogP contribution in [0.4, 0.5) is 4.39 Å². The maximum atomic E-state index is 13.2. The van der Waals surface area contributed by atoms with Gasteiger partial charge in [-0.1, -0.05) is 6.07 Å². The van der Waals surface area contributed by atoms with Crippen molar-refractivity contribution in [2.24, 2.45) is 0 Å². The van der Waals surface area contributed by atoms with Crippen molar-refractivity contribution in [2.45, 2.75) is 32.7 Å². The molecule has 2 nitrogen and oxygen atoms in total. The Bertz CT molecular complexity index is 477. The van der Waals surface area contributed by atoms with Crippen LogP contribution in [-0.4, -0.2) is 11.9 Å². The number of hydrogen-bond acceptors (Lipinski definition) is 1. The van der Waals surface area contributed by atoms with E-state index >= 15 is 0 Å². The number of carbonyl (C=O) groups is 1. The molecule has 1 aliphatic carbocycles. The molecule has 1 aromatic carbocycles. The molecule has 0 unspecified atom stereocenters. The molecule has 3 heteroatoms. The number of halogens is 1. The fourth-order valence-electron chi connectivity index (χ4n) is 2.10. The molecule has 1 amide bonds. The Hall–Kier alpha value is -1.64. The largest absolute Gasteiger partial charge is 0.350 e. The molecule has 0 heterocycles. The number of allylic oxidation sites excluding steroid dienone is 1. The first-order valence-corrected chi connectivity index (χ1v) is 5.86. The lowest BCUT2D eigenvalue weighted by atomic mass is 10.1. The van der Waals surface area contributed by atoms with Gasteiger partial charge in [-0.15, -0.1) is 0 Å². The van der Waals surface area contributed by atoms with Crippen molar-refractivity contribution in [3.8, 4) is 0 Å². The van der Waals surface area contributed by atoms with E-state index in [-0.39, 0.29) is 17.8 Å². The summed E-state index contributed by atoms with van der Waals surface area (Å²) < 4.78 is 13.2. The summed E-state index contributed by atoms with van der Waals surface area (Å²) in [6.45, 7) is 3.83. The first kappa shape index (κ1) is 11.8. The van der Waals surface area contributed by atoms with Gasteiger partial charge >= 0.3 is 0 Å². The Labute approximate surface area is 101 Å². The van der Waals surface area contributed by atoms with E-state index in [4.69, 9.17) is 0 Å². The third kappa shape index (κ3) is 2.73. The van der Waals surface area contributed by atoms with Crippen LogP contribution in [0, 0.1) is 5.82 Å². The molecule has 17 heavy (non-hydrogen) atoms. The molecule has 2 rings (SSSR count). The maximum Gasteiger partial charge on any atom is 0.244 e. The Kier molecular flexibility index (Phi) is 3.27. The lowest BCUT2D eigenvalue weighted by molar-refractivity contribution is -0.116. The summed E-state index contributed by atoms with van der Waals surface area (Å²) in [6, 6.07) is 4.89. The second-order valence-corrected chi connectivity index (χ2v) is 4.63. The molecular formula is C14H16FNO. The van der Waals surface area contributed by atoms with Gasteiger partial charge in [-0.05, 0) is 55.5 Å². The smallest absolute Gasteiger partial charge is 0.244 e. The van der Waals surface area contributed by atoms with Gasteiger partial charge in [0.05, 0.1) is 0 Å². The number of nitrogens with one attached hydrogen (secondary N) is 1. The van der Waals surface area contributed by atoms with E-state index in [9.17, 15) is 9.18 Å². The van der Waals surface area contributed by atoms with Crippen molar-refractivity contribution in [3.63, 3.8) is 0 Å². The van der Waals surface area contributed by atoms with Gasteiger partial charge in [-0.3, -0.25) is 4.79 Å². The minimum Gasteiger partial charge on any atom is -0.350 e. The SMILES string of the molecule is CC(C)NC(=O)/C=C1/CCc2ccc(F)cc21. The maximum absolute atomic E-state index is 13.2. The van der Waals surface area contributed by atoms with Gasteiger partial charge in [0.25, 0.3) is 0 Å². The van der Waals surface area contributed by atoms with Crippen molar-refractivity contribution in [3.05, 3.63) is 41.2 Å². The van der Waals surface area contributed by atoms with Gasteiger partial charge in [0, 0.05) is 12.1 Å². The first-order valence-electron chi connectivity index (χ1n) is 5.86. The molecule has 0 fully saturated rings. The van der Waals surface area contributed by atoms with Crippen LogP contribution in [0.1, 0.15) is 31.4 Å². The second kappa shape index (κ2) is 4.70. The quantitative estimate of drug-likeness (QED) is 0.782. The number of aryl methyl sites for hydroxylation is 1. The van der Waals surface area contributed by atoms with Crippen molar-refractivity contribution in [1.82, 2.24) is 5.32 Å². The average Bonchev–Trinajstić information content (AvgIpc) is 2.60. The van der Waals surface area contributed by atoms with E-state index in [1.54, 1.807) is 12.1 Å². The predicted molar refractivity (Wildman–Crippen MR) is 66.0 cm³/mol. The Morgan fingerprint density at radius 1 is 1.41 bits per heavy atom. The summed E-state index contributed by atoms with van der Waals surface area (Å²) in [7, 11) is 0. The second-order valence-electron chi connectivity index (χ2n) is 4.63. The molecule has 0 bridgehead atoms. The van der Waals surface area contributed by atoms with Crippen LogP contribution in [0.5, 0.6) is 0 Å². The van der Waals surface area contributed by atoms with Gasteiger partial charge in [0.2, 0.25) is 5.91 Å². The topological polar surface area (TPSA) is 29.1 Å². The van der Waals surface area contributed by atoms with E-state index < -0.39 is 0 Å². The van der Waals surface area contributed by atoms with Gasteiger partial charge in [-0.2, -0.15) is 0 Å². The zero-order valence-corrected chi connectivity index (χ0v) is 10.1.